The van der Waals surface area contributed by atoms with Crippen LogP contribution in [-0.2, 0) is 5.33 Å². The van der Waals surface area contributed by atoms with Gasteiger partial charge in [-0.1, -0.05) is 22.0 Å². The molecule has 1 aromatic carbocycles. The number of nitrogens with zero attached hydrogens (tertiary/aromatic N) is 1. The Morgan fingerprint density at radius 2 is 2.18 bits per heavy atom. The highest BCUT2D eigenvalue weighted by molar-refractivity contribution is 9.08. The minimum Gasteiger partial charge on any atom is -0.369 e. The van der Waals surface area contributed by atoms with Crippen LogP contribution in [0.1, 0.15) is 18.9 Å². The summed E-state index contributed by atoms with van der Waals surface area (Å²) >= 11 is 5.16. The Balaban J connectivity index is 2.77. The molecule has 0 aliphatic carbocycles. The van der Waals surface area contributed by atoms with Crippen LogP contribution < -0.4 is 4.90 Å². The van der Waals surface area contributed by atoms with Crippen LogP contribution in [0, 0.1) is 5.82 Å². The first-order valence-corrected chi connectivity index (χ1v) is 8.17. The van der Waals surface area contributed by atoms with E-state index in [1.54, 1.807) is 6.07 Å². The van der Waals surface area contributed by atoms with Crippen molar-refractivity contribution in [2.45, 2.75) is 24.7 Å². The second-order valence-electron chi connectivity index (χ2n) is 4.16. The van der Waals surface area contributed by atoms with E-state index in [0.717, 1.165) is 17.7 Å². The molecule has 0 saturated carbocycles. The van der Waals surface area contributed by atoms with Crippen molar-refractivity contribution in [1.29, 1.82) is 0 Å². The summed E-state index contributed by atoms with van der Waals surface area (Å²) < 4.78 is 13.9. The molecule has 0 aliphatic rings. The van der Waals surface area contributed by atoms with Gasteiger partial charge in [0.2, 0.25) is 0 Å². The van der Waals surface area contributed by atoms with E-state index in [1.807, 2.05) is 35.8 Å². The lowest BCUT2D eigenvalue weighted by Gasteiger charge is -2.27. The van der Waals surface area contributed by atoms with E-state index in [0.29, 0.717) is 17.1 Å². The molecule has 0 bridgehead atoms. The van der Waals surface area contributed by atoms with Crippen LogP contribution >= 0.6 is 27.7 Å². The maximum absolute atomic E-state index is 13.9. The summed E-state index contributed by atoms with van der Waals surface area (Å²) in [7, 11) is 1.96. The van der Waals surface area contributed by atoms with E-state index in [9.17, 15) is 4.39 Å². The van der Waals surface area contributed by atoms with Gasteiger partial charge in [-0.05, 0) is 43.0 Å². The van der Waals surface area contributed by atoms with Crippen LogP contribution in [0.5, 0.6) is 0 Å². The van der Waals surface area contributed by atoms with Crippen LogP contribution in [0.25, 0.3) is 0 Å². The highest BCUT2D eigenvalue weighted by Crippen LogP contribution is 2.23. The van der Waals surface area contributed by atoms with Crippen molar-refractivity contribution in [3.63, 3.8) is 0 Å². The van der Waals surface area contributed by atoms with Gasteiger partial charge in [-0.3, -0.25) is 0 Å². The lowest BCUT2D eigenvalue weighted by Crippen LogP contribution is -2.30. The van der Waals surface area contributed by atoms with E-state index >= 15 is 0 Å². The summed E-state index contributed by atoms with van der Waals surface area (Å²) in [6.07, 6.45) is 3.16. The summed E-state index contributed by atoms with van der Waals surface area (Å²) in [5.41, 5.74) is 1.65. The van der Waals surface area contributed by atoms with Gasteiger partial charge in [0, 0.05) is 18.4 Å². The van der Waals surface area contributed by atoms with Crippen molar-refractivity contribution >= 4 is 33.4 Å². The molecule has 1 unspecified atom stereocenters. The van der Waals surface area contributed by atoms with E-state index in [1.165, 1.54) is 0 Å². The third kappa shape index (κ3) is 4.18. The maximum Gasteiger partial charge on any atom is 0.146 e. The van der Waals surface area contributed by atoms with Crippen LogP contribution in [0.3, 0.4) is 0 Å². The first-order valence-electron chi connectivity index (χ1n) is 5.66. The van der Waals surface area contributed by atoms with Gasteiger partial charge in [-0.15, -0.1) is 0 Å². The molecule has 0 aromatic heterocycles. The lowest BCUT2D eigenvalue weighted by atomic mass is 10.1. The summed E-state index contributed by atoms with van der Waals surface area (Å²) in [5.74, 6) is 0.965. The number of hydrogen-bond acceptors (Lipinski definition) is 2. The molecule has 0 heterocycles. The average Bonchev–Trinajstić information content (AvgIpc) is 2.34. The van der Waals surface area contributed by atoms with Gasteiger partial charge in [-0.2, -0.15) is 11.8 Å². The normalized spacial score (nSPS) is 12.5. The third-order valence-corrected chi connectivity index (χ3v) is 4.24. The predicted octanol–water partition coefficient (Wildman–Crippen LogP) is 4.30. The number of alkyl halides is 1. The maximum atomic E-state index is 13.9. The fraction of sp³-hybridized carbons (Fsp3) is 0.538. The molecule has 0 saturated heterocycles. The van der Waals surface area contributed by atoms with Gasteiger partial charge in [0.15, 0.2) is 0 Å². The molecule has 17 heavy (non-hydrogen) atoms. The quantitative estimate of drug-likeness (QED) is 0.719. The Bertz CT molecular complexity index is 359. The minimum absolute atomic E-state index is 0.138. The average molecular weight is 320 g/mol. The molecule has 0 spiro atoms. The zero-order chi connectivity index (χ0) is 12.8. The van der Waals surface area contributed by atoms with Crippen molar-refractivity contribution in [3.05, 3.63) is 29.6 Å². The Morgan fingerprint density at radius 3 is 2.71 bits per heavy atom. The number of benzene rings is 1. The zero-order valence-corrected chi connectivity index (χ0v) is 12.9. The fourth-order valence-corrected chi connectivity index (χ4v) is 2.56. The number of rotatable bonds is 6. The van der Waals surface area contributed by atoms with Crippen molar-refractivity contribution in [1.82, 2.24) is 0 Å². The molecule has 4 heteroatoms. The molecule has 0 radical (unpaired) electrons. The van der Waals surface area contributed by atoms with Crippen LogP contribution in [0.15, 0.2) is 18.2 Å². The Hall–Kier alpha value is -0.220. The summed E-state index contributed by atoms with van der Waals surface area (Å²) in [6.45, 7) is 2.13. The van der Waals surface area contributed by atoms with Crippen molar-refractivity contribution in [3.8, 4) is 0 Å². The van der Waals surface area contributed by atoms with E-state index in [-0.39, 0.29) is 5.82 Å². The number of hydrogen-bond donors (Lipinski definition) is 0. The van der Waals surface area contributed by atoms with Gasteiger partial charge in [0.1, 0.15) is 5.82 Å². The van der Waals surface area contributed by atoms with Crippen molar-refractivity contribution in [2.75, 3.05) is 24.0 Å². The topological polar surface area (TPSA) is 3.24 Å². The zero-order valence-electron chi connectivity index (χ0n) is 10.5. The molecular formula is C13H19BrFNS. The molecule has 0 aliphatic heterocycles. The first-order chi connectivity index (χ1) is 8.10. The minimum atomic E-state index is -0.138. The molecule has 1 rings (SSSR count). The Kier molecular flexibility index (Phi) is 6.34. The molecule has 1 aromatic rings. The second kappa shape index (κ2) is 7.27. The van der Waals surface area contributed by atoms with Crippen LogP contribution in [-0.4, -0.2) is 25.1 Å². The highest BCUT2D eigenvalue weighted by atomic mass is 79.9. The third-order valence-electron chi connectivity index (χ3n) is 2.95. The standard InChI is InChI=1S/C13H19BrFNS/c1-10(6-7-17-3)16(2)13-5-4-11(9-14)8-12(13)15/h4-5,8,10H,6-7,9H2,1-3H3. The monoisotopic (exact) mass is 319 g/mol. The molecule has 0 N–H and O–H groups in total. The Labute approximate surface area is 116 Å². The molecule has 0 amide bonds. The highest BCUT2D eigenvalue weighted by Gasteiger charge is 2.13. The SMILES string of the molecule is CSCCC(C)N(C)c1ccc(CBr)cc1F. The van der Waals surface area contributed by atoms with E-state index in [2.05, 4.69) is 29.1 Å². The second-order valence-corrected chi connectivity index (χ2v) is 5.71. The van der Waals surface area contributed by atoms with Gasteiger partial charge in [0.05, 0.1) is 5.69 Å². The number of anilines is 1. The smallest absolute Gasteiger partial charge is 0.146 e. The van der Waals surface area contributed by atoms with Crippen molar-refractivity contribution < 1.29 is 4.39 Å². The predicted molar refractivity (Wildman–Crippen MR) is 79.9 cm³/mol. The van der Waals surface area contributed by atoms with Gasteiger partial charge in [-0.25, -0.2) is 4.39 Å². The Morgan fingerprint density at radius 1 is 1.47 bits per heavy atom. The number of thioether (sulfide) groups is 1. The van der Waals surface area contributed by atoms with Crippen molar-refractivity contribution in [2.24, 2.45) is 0 Å². The molecule has 0 fully saturated rings. The molecule has 1 nitrogen and oxygen atoms in total. The van der Waals surface area contributed by atoms with Crippen LogP contribution in [0.2, 0.25) is 0 Å². The summed E-state index contributed by atoms with van der Waals surface area (Å²) in [4.78, 5) is 2.02. The fourth-order valence-electron chi connectivity index (χ4n) is 1.64. The molecule has 96 valence electrons. The van der Waals surface area contributed by atoms with Crippen LogP contribution in [0.4, 0.5) is 10.1 Å². The lowest BCUT2D eigenvalue weighted by molar-refractivity contribution is 0.600. The summed E-state index contributed by atoms with van der Waals surface area (Å²) in [5, 5.41) is 0.690. The van der Waals surface area contributed by atoms with Gasteiger partial charge in [0.25, 0.3) is 0 Å². The van der Waals surface area contributed by atoms with E-state index in [4.69, 9.17) is 0 Å². The summed E-state index contributed by atoms with van der Waals surface area (Å²) in [6, 6.07) is 5.78. The largest absolute Gasteiger partial charge is 0.369 e. The van der Waals surface area contributed by atoms with E-state index < -0.39 is 0 Å². The van der Waals surface area contributed by atoms with Gasteiger partial charge < -0.3 is 4.90 Å². The number of halogens is 2. The molecule has 1 atom stereocenters. The first kappa shape index (κ1) is 14.8. The van der Waals surface area contributed by atoms with Gasteiger partial charge >= 0.3 is 0 Å². The molecular weight excluding hydrogens is 301 g/mol.